The van der Waals surface area contributed by atoms with Crippen molar-refractivity contribution in [1.82, 2.24) is 0 Å². The molecule has 0 aromatic heterocycles. The first-order valence-corrected chi connectivity index (χ1v) is 4.36. The molecule has 2 heteroatoms. The Morgan fingerprint density at radius 2 is 1.58 bits per heavy atom. The fourth-order valence-corrected chi connectivity index (χ4v) is 0.483. The van der Waals surface area contributed by atoms with Crippen LogP contribution in [0.2, 0.25) is 0 Å². The number of aliphatic imine (C=N–C) groups is 1. The van der Waals surface area contributed by atoms with E-state index >= 15 is 0 Å². The van der Waals surface area contributed by atoms with E-state index in [1.165, 1.54) is 0 Å². The van der Waals surface area contributed by atoms with Crippen LogP contribution in [-0.2, 0) is 4.74 Å². The normalized spacial score (nSPS) is 13.8. The average Bonchev–Trinajstić information content (AvgIpc) is 1.76. The maximum absolute atomic E-state index is 5.28. The van der Waals surface area contributed by atoms with Crippen LogP contribution in [0.15, 0.2) is 4.99 Å². The predicted octanol–water partition coefficient (Wildman–Crippen LogP) is 2.88. The van der Waals surface area contributed by atoms with Crippen molar-refractivity contribution in [1.29, 1.82) is 0 Å². The molecular formula is C10H21NO. The third-order valence-corrected chi connectivity index (χ3v) is 1.03. The zero-order valence-corrected chi connectivity index (χ0v) is 9.14. The largest absolute Gasteiger partial charge is 0.483 e. The minimum absolute atomic E-state index is 0.0299. The Kier molecular flexibility index (Phi) is 3.75. The van der Waals surface area contributed by atoms with Crippen molar-refractivity contribution >= 4 is 6.40 Å². The van der Waals surface area contributed by atoms with Crippen molar-refractivity contribution in [3.8, 4) is 0 Å². The van der Waals surface area contributed by atoms with Gasteiger partial charge in [-0.15, -0.1) is 0 Å². The van der Waals surface area contributed by atoms with Crippen LogP contribution in [-0.4, -0.2) is 18.5 Å². The number of rotatable bonds is 2. The van der Waals surface area contributed by atoms with E-state index in [-0.39, 0.29) is 11.0 Å². The monoisotopic (exact) mass is 171 g/mol. The highest BCUT2D eigenvalue weighted by Crippen LogP contribution is 2.12. The molecule has 0 N–H and O–H groups in total. The Bertz CT molecular complexity index is 148. The van der Waals surface area contributed by atoms with E-state index in [4.69, 9.17) is 4.74 Å². The van der Waals surface area contributed by atoms with E-state index in [1.54, 1.807) is 6.40 Å². The molecule has 72 valence electrons. The summed E-state index contributed by atoms with van der Waals surface area (Å²) in [5.74, 6) is 0. The zero-order chi connectivity index (χ0) is 9.83. The molecule has 0 aliphatic carbocycles. The van der Waals surface area contributed by atoms with Crippen LogP contribution >= 0.6 is 0 Å². The van der Waals surface area contributed by atoms with Gasteiger partial charge < -0.3 is 4.74 Å². The maximum atomic E-state index is 5.28. The Morgan fingerprint density at radius 3 is 1.92 bits per heavy atom. The Balaban J connectivity index is 3.64. The highest BCUT2D eigenvalue weighted by molar-refractivity contribution is 5.47. The standard InChI is InChI=1S/C10H21NO/c1-9(2,3)7-12-8-11-10(4,5)6/h8H,7H2,1-6H3/b11-8-. The molecule has 0 saturated carbocycles. The first kappa shape index (κ1) is 11.5. The number of hydrogen-bond donors (Lipinski definition) is 0. The van der Waals surface area contributed by atoms with Gasteiger partial charge in [-0.25, -0.2) is 0 Å². The summed E-state index contributed by atoms with van der Waals surface area (Å²) in [6.07, 6.45) is 1.56. The van der Waals surface area contributed by atoms with Crippen molar-refractivity contribution < 1.29 is 4.74 Å². The third kappa shape index (κ3) is 9.47. The summed E-state index contributed by atoms with van der Waals surface area (Å²) in [7, 11) is 0. The number of ether oxygens (including phenoxy) is 1. The van der Waals surface area contributed by atoms with E-state index in [0.29, 0.717) is 6.61 Å². The van der Waals surface area contributed by atoms with Gasteiger partial charge in [0, 0.05) is 0 Å². The molecule has 0 aromatic carbocycles. The smallest absolute Gasteiger partial charge is 0.169 e. The SMILES string of the molecule is CC(C)(C)CO/C=N\C(C)(C)C. The lowest BCUT2D eigenvalue weighted by Gasteiger charge is -2.17. The molecule has 0 radical (unpaired) electrons. The van der Waals surface area contributed by atoms with Crippen LogP contribution in [0, 0.1) is 5.41 Å². The highest BCUT2D eigenvalue weighted by Gasteiger charge is 2.10. The molecule has 2 nitrogen and oxygen atoms in total. The zero-order valence-electron chi connectivity index (χ0n) is 9.14. The molecule has 0 bridgehead atoms. The second-order valence-corrected chi connectivity index (χ2v) is 5.28. The van der Waals surface area contributed by atoms with Gasteiger partial charge in [0.05, 0.1) is 12.1 Å². The van der Waals surface area contributed by atoms with Crippen molar-refractivity contribution in [3.05, 3.63) is 0 Å². The highest BCUT2D eigenvalue weighted by atomic mass is 16.5. The third-order valence-electron chi connectivity index (χ3n) is 1.03. The van der Waals surface area contributed by atoms with Gasteiger partial charge in [0.25, 0.3) is 0 Å². The van der Waals surface area contributed by atoms with E-state index in [0.717, 1.165) is 0 Å². The molecule has 0 saturated heterocycles. The lowest BCUT2D eigenvalue weighted by molar-refractivity contribution is 0.194. The van der Waals surface area contributed by atoms with Crippen LogP contribution < -0.4 is 0 Å². The molecule has 0 aliphatic rings. The first-order valence-electron chi connectivity index (χ1n) is 4.36. The van der Waals surface area contributed by atoms with Gasteiger partial charge in [-0.05, 0) is 26.2 Å². The number of hydrogen-bond acceptors (Lipinski definition) is 2. The molecule has 0 aliphatic heterocycles. The Hall–Kier alpha value is -0.530. The fraction of sp³-hybridized carbons (Fsp3) is 0.900. The second kappa shape index (κ2) is 3.92. The molecular weight excluding hydrogens is 150 g/mol. The van der Waals surface area contributed by atoms with Gasteiger partial charge in [-0.3, -0.25) is 4.99 Å². The summed E-state index contributed by atoms with van der Waals surface area (Å²) in [5.41, 5.74) is 0.182. The molecule has 0 fully saturated rings. The van der Waals surface area contributed by atoms with Crippen molar-refractivity contribution in [2.45, 2.75) is 47.1 Å². The quantitative estimate of drug-likeness (QED) is 0.462. The van der Waals surface area contributed by atoms with Crippen LogP contribution in [0.25, 0.3) is 0 Å². The minimum atomic E-state index is -0.0299. The summed E-state index contributed by atoms with van der Waals surface area (Å²) in [6.45, 7) is 13.3. The first-order chi connectivity index (χ1) is 5.21. The van der Waals surface area contributed by atoms with Gasteiger partial charge >= 0.3 is 0 Å². The average molecular weight is 171 g/mol. The van der Waals surface area contributed by atoms with Gasteiger partial charge in [-0.2, -0.15) is 0 Å². The summed E-state index contributed by atoms with van der Waals surface area (Å²) in [5, 5.41) is 0. The van der Waals surface area contributed by atoms with E-state index in [1.807, 2.05) is 20.8 Å². The van der Waals surface area contributed by atoms with Crippen molar-refractivity contribution in [2.75, 3.05) is 6.61 Å². The lowest BCUT2D eigenvalue weighted by atomic mass is 9.99. The van der Waals surface area contributed by atoms with Crippen LogP contribution in [0.4, 0.5) is 0 Å². The summed E-state index contributed by atoms with van der Waals surface area (Å²) in [4.78, 5) is 4.21. The van der Waals surface area contributed by atoms with Gasteiger partial charge in [0.1, 0.15) is 0 Å². The number of nitrogens with zero attached hydrogens (tertiary/aromatic N) is 1. The second-order valence-electron chi connectivity index (χ2n) is 5.28. The van der Waals surface area contributed by atoms with Gasteiger partial charge in [0.2, 0.25) is 0 Å². The molecule has 0 rings (SSSR count). The van der Waals surface area contributed by atoms with Crippen LogP contribution in [0.1, 0.15) is 41.5 Å². The topological polar surface area (TPSA) is 21.6 Å². The molecule has 12 heavy (non-hydrogen) atoms. The van der Waals surface area contributed by atoms with Crippen LogP contribution in [0.3, 0.4) is 0 Å². The lowest BCUT2D eigenvalue weighted by Crippen LogP contribution is -2.15. The van der Waals surface area contributed by atoms with Crippen molar-refractivity contribution in [3.63, 3.8) is 0 Å². The minimum Gasteiger partial charge on any atom is -0.483 e. The van der Waals surface area contributed by atoms with E-state index < -0.39 is 0 Å². The van der Waals surface area contributed by atoms with Crippen molar-refractivity contribution in [2.24, 2.45) is 10.4 Å². The Labute approximate surface area is 76.0 Å². The molecule has 0 unspecified atom stereocenters. The maximum Gasteiger partial charge on any atom is 0.169 e. The summed E-state index contributed by atoms with van der Waals surface area (Å²) in [6, 6.07) is 0. The molecule has 0 spiro atoms. The summed E-state index contributed by atoms with van der Waals surface area (Å²) < 4.78 is 5.28. The molecule has 0 atom stereocenters. The Morgan fingerprint density at radius 1 is 1.08 bits per heavy atom. The summed E-state index contributed by atoms with van der Waals surface area (Å²) >= 11 is 0. The molecule has 0 aromatic rings. The fourth-order valence-electron chi connectivity index (χ4n) is 0.483. The van der Waals surface area contributed by atoms with Crippen LogP contribution in [0.5, 0.6) is 0 Å². The molecule has 0 amide bonds. The van der Waals surface area contributed by atoms with Gasteiger partial charge in [-0.1, -0.05) is 20.8 Å². The predicted molar refractivity (Wildman–Crippen MR) is 53.7 cm³/mol. The molecule has 0 heterocycles. The van der Waals surface area contributed by atoms with E-state index in [9.17, 15) is 0 Å². The van der Waals surface area contributed by atoms with E-state index in [2.05, 4.69) is 25.8 Å². The van der Waals surface area contributed by atoms with Gasteiger partial charge in [0.15, 0.2) is 6.40 Å².